The molecule has 0 fully saturated rings. The topological polar surface area (TPSA) is 100 Å². The first kappa shape index (κ1) is 123. The highest BCUT2D eigenvalue weighted by Gasteiger charge is 2.95. The van der Waals surface area contributed by atoms with E-state index in [1.807, 2.05) is 26.0 Å². The van der Waals surface area contributed by atoms with Crippen molar-refractivity contribution in [3.63, 3.8) is 0 Å². The van der Waals surface area contributed by atoms with Crippen LogP contribution in [-0.2, 0) is 57.6 Å². The fraction of sp³-hybridized carbons (Fsp3) is 0.640. The van der Waals surface area contributed by atoms with Crippen LogP contribution in [0.5, 0.6) is 0 Å². The number of hydrogen-bond donors (Lipinski definition) is 0. The second kappa shape index (κ2) is 53.1. The molecule has 7 aromatic heterocycles. The number of esters is 2. The van der Waals surface area contributed by atoms with E-state index in [2.05, 4.69) is 61.4 Å². The molecule has 802 valence electrons. The lowest BCUT2D eigenvalue weighted by Crippen LogP contribution is -2.73. The highest BCUT2D eigenvalue weighted by molar-refractivity contribution is 7.31. The highest BCUT2D eigenvalue weighted by atomic mass is 32.1. The monoisotopic (exact) mass is 2200 g/mol. The Labute approximate surface area is 840 Å². The van der Waals surface area contributed by atoms with Crippen molar-refractivity contribution in [2.45, 2.75) is 395 Å². The van der Waals surface area contributed by atoms with Gasteiger partial charge in [0.25, 0.3) is 0 Å². The van der Waals surface area contributed by atoms with Crippen molar-refractivity contribution in [1.82, 2.24) is 0 Å². The van der Waals surface area contributed by atoms with E-state index in [0.29, 0.717) is 82.0 Å². The molecule has 143 heavy (non-hydrogen) atoms. The van der Waals surface area contributed by atoms with Gasteiger partial charge in [0.1, 0.15) is 23.3 Å². The maximum atomic E-state index is 15.1. The van der Waals surface area contributed by atoms with Crippen molar-refractivity contribution in [3.05, 3.63) is 103 Å². The zero-order valence-electron chi connectivity index (χ0n) is 79.6. The van der Waals surface area contributed by atoms with E-state index in [-0.39, 0.29) is 9.75 Å². The maximum Gasteiger partial charge on any atom is 0.460 e. The molecular formula is C100H116F30N2O4S7. The first-order valence-corrected chi connectivity index (χ1v) is 53.7. The number of ether oxygens (including phenoxy) is 2. The van der Waals surface area contributed by atoms with Gasteiger partial charge >= 0.3 is 95.4 Å². The fourth-order valence-corrected chi connectivity index (χ4v) is 24.9. The molecule has 7 heterocycles. The van der Waals surface area contributed by atoms with Crippen molar-refractivity contribution < 1.29 is 151 Å². The molecule has 0 aliphatic heterocycles. The molecule has 0 bridgehead atoms. The molecule has 7 aromatic rings. The molecule has 0 aromatic carbocycles. The van der Waals surface area contributed by atoms with Gasteiger partial charge in [-0.15, -0.1) is 79.4 Å². The van der Waals surface area contributed by atoms with Gasteiger partial charge in [-0.1, -0.05) is 234 Å². The molecule has 0 aliphatic carbocycles. The molecule has 0 spiro atoms. The van der Waals surface area contributed by atoms with Gasteiger partial charge in [0.05, 0.1) is 0 Å². The second-order valence-corrected chi connectivity index (χ2v) is 43.2. The summed E-state index contributed by atoms with van der Waals surface area (Å²) in [5.41, 5.74) is 2.81. The van der Waals surface area contributed by atoms with E-state index in [1.165, 1.54) is 34.8 Å². The Balaban J connectivity index is 1.36. The average Bonchev–Trinajstić information content (AvgIpc) is 1.02. The normalized spacial score (nSPS) is 13.7. The van der Waals surface area contributed by atoms with Crippen LogP contribution in [-0.4, -0.2) is 109 Å². The smallest absolute Gasteiger partial charge is 0.455 e. The average molecular weight is 2200 g/mol. The molecule has 0 saturated heterocycles. The number of aryl methyl sites for hydroxylation is 6. The van der Waals surface area contributed by atoms with Gasteiger partial charge in [-0.25, -0.2) is 9.59 Å². The van der Waals surface area contributed by atoms with Crippen LogP contribution in [0.3, 0.4) is 0 Å². The third-order valence-electron chi connectivity index (χ3n) is 24.4. The minimum Gasteiger partial charge on any atom is -0.455 e. The van der Waals surface area contributed by atoms with Crippen LogP contribution in [0.25, 0.3) is 70.7 Å². The van der Waals surface area contributed by atoms with Crippen molar-refractivity contribution >= 4 is 103 Å². The van der Waals surface area contributed by atoms with Crippen molar-refractivity contribution in [2.75, 3.05) is 13.2 Å². The van der Waals surface area contributed by atoms with E-state index < -0.39 is 120 Å². The summed E-state index contributed by atoms with van der Waals surface area (Å²) < 4.78 is 432. The van der Waals surface area contributed by atoms with Gasteiger partial charge in [-0.3, -0.25) is 0 Å². The van der Waals surface area contributed by atoms with E-state index >= 15 is 17.6 Å². The van der Waals surface area contributed by atoms with Crippen molar-refractivity contribution in [1.29, 1.82) is 10.5 Å². The molecule has 0 radical (unpaired) electrons. The molecule has 6 nitrogen and oxygen atoms in total. The van der Waals surface area contributed by atoms with Crippen LogP contribution >= 0.6 is 79.4 Å². The molecule has 7 rings (SSSR count). The molecule has 0 atom stereocenters. The number of halogens is 30. The number of carbonyl (C=O) groups excluding carboxylic acids is 2. The second-order valence-electron chi connectivity index (χ2n) is 35.8. The molecule has 0 amide bonds. The van der Waals surface area contributed by atoms with E-state index in [0.717, 1.165) is 314 Å². The Morgan fingerprint density at radius 1 is 0.252 bits per heavy atom. The zero-order chi connectivity index (χ0) is 107. The summed E-state index contributed by atoms with van der Waals surface area (Å²) in [5.74, 6) is -102. The van der Waals surface area contributed by atoms with E-state index in [1.54, 1.807) is 46.1 Å². The number of unbranched alkanes of at least 4 members (excludes halogenated alkanes) is 30. The minimum atomic E-state index is -8.58. The number of alkyl halides is 30. The SMILES string of the molecule is CCCCCCCCc1cc(/C=C(\C#N)C(=O)OCC(F)(F)C(F)(F)C(F)(F)C(F)(F)C(F)(F)C(F)(F)C(F)(F)F)sc1-c1cc(CCCCCCCC)c(-c2cc(CCCCCCCC)c(-c3ccc(-c4sc(-c5sc(-c6sc(/C=C(\C#N)C(=O)OCC(F)(F)C(F)(F)C(F)(F)C(F)(F)C(F)(F)C(F)(F)C(F)(F)F)cc6CCCCCCCC)cc5CCCCCCCC)cc4CCCCCCCC)s3)s2)s1. The first-order valence-electron chi connectivity index (χ1n) is 48.0. The Bertz CT molecular complexity index is 5010. The number of hydrogen-bond acceptors (Lipinski definition) is 13. The summed E-state index contributed by atoms with van der Waals surface area (Å²) in [4.78, 5) is 37.0. The molecule has 0 saturated carbocycles. The van der Waals surface area contributed by atoms with Crippen molar-refractivity contribution in [3.8, 4) is 70.7 Å². The fourth-order valence-electron chi connectivity index (χ4n) is 15.9. The lowest BCUT2D eigenvalue weighted by atomic mass is 9.91. The summed E-state index contributed by atoms with van der Waals surface area (Å²) in [5, 5.41) is 20.4. The summed E-state index contributed by atoms with van der Waals surface area (Å²) >= 11 is 9.69. The van der Waals surface area contributed by atoms with E-state index in [4.69, 9.17) is 0 Å². The molecule has 0 N–H and O–H groups in total. The largest absolute Gasteiger partial charge is 0.460 e. The van der Waals surface area contributed by atoms with Gasteiger partial charge in [0, 0.05) is 68.3 Å². The predicted molar refractivity (Wildman–Crippen MR) is 507 cm³/mol. The van der Waals surface area contributed by atoms with Crippen molar-refractivity contribution in [2.24, 2.45) is 0 Å². The summed E-state index contributed by atoms with van der Waals surface area (Å²) in [6.07, 6.45) is 21.8. The number of carbonyl (C=O) groups is 2. The van der Waals surface area contributed by atoms with Crippen LogP contribution in [0.1, 0.15) is 316 Å². The third kappa shape index (κ3) is 29.3. The summed E-state index contributed by atoms with van der Waals surface area (Å²) in [7, 11) is 0. The Morgan fingerprint density at radius 3 is 0.657 bits per heavy atom. The molecule has 0 aliphatic rings. The molecule has 0 unspecified atom stereocenters. The number of nitrogens with zero attached hydrogens (tertiary/aromatic N) is 2. The zero-order valence-corrected chi connectivity index (χ0v) is 85.3. The third-order valence-corrected chi connectivity index (χ3v) is 33.6. The van der Waals surface area contributed by atoms with Crippen LogP contribution in [0.2, 0.25) is 0 Å². The minimum absolute atomic E-state index is 0.0366. The van der Waals surface area contributed by atoms with Gasteiger partial charge in [-0.2, -0.15) is 142 Å². The van der Waals surface area contributed by atoms with Crippen LogP contribution in [0, 0.1) is 22.7 Å². The van der Waals surface area contributed by atoms with Crippen LogP contribution in [0.4, 0.5) is 132 Å². The van der Waals surface area contributed by atoms with Gasteiger partial charge < -0.3 is 9.47 Å². The summed E-state index contributed by atoms with van der Waals surface area (Å²) in [6.45, 7) is 5.60. The maximum absolute atomic E-state index is 15.1. The van der Waals surface area contributed by atoms with Crippen LogP contribution < -0.4 is 0 Å². The Kier molecular flexibility index (Phi) is 45.7. The Hall–Kier alpha value is -6.80. The van der Waals surface area contributed by atoms with Gasteiger partial charge in [-0.05, 0) is 171 Å². The highest BCUT2D eigenvalue weighted by Crippen LogP contribution is 2.66. The lowest BCUT2D eigenvalue weighted by Gasteiger charge is -2.41. The van der Waals surface area contributed by atoms with Crippen LogP contribution in [0.15, 0.2) is 59.7 Å². The number of nitriles is 2. The number of thiophene rings is 7. The lowest BCUT2D eigenvalue weighted by molar-refractivity contribution is -0.453. The van der Waals surface area contributed by atoms with E-state index in [9.17, 15) is 134 Å². The van der Waals surface area contributed by atoms with Gasteiger partial charge in [0.2, 0.25) is 0 Å². The summed E-state index contributed by atoms with van der Waals surface area (Å²) in [6, 6.07) is 18.4. The standard InChI is InChI=1S/C100H116F30N2O4S7/c1-7-13-19-25-31-37-43-63-51-71(53-69(59-131)85(133)135-61-87(101,102)89(105,106)91(109,110)93(113,114)95(117,118)97(121,122)99(125,126)127)137-81(63)75-57-67(47-41-35-29-23-17-11-5)83(142-75)77-55-65(45-39-33-27-21-15-9-3)79(140-77)73-49-50-74(139-73)80-66(46-40-34-28-22-16-10-4)56-78(141-80)84-68(48-42-36-30-24-18-12-6)58-76(143-84)82-64(44-38-32-26-20-14-8-2)52-72(138-82)54-70(60-132)86(134)136-62-88(103,104)90(107,108)92(111,112)94(115,116)96(119,120)98(123,124)100(128,129)130/h49-58H,7-48,61-62H2,1-6H3/b69-53+,70-54+. The molecular weight excluding hydrogens is 2090 g/mol. The Morgan fingerprint density at radius 2 is 0.441 bits per heavy atom. The number of rotatable bonds is 66. The molecule has 43 heteroatoms. The quantitative estimate of drug-likeness (QED) is 0.0124. The predicted octanol–water partition coefficient (Wildman–Crippen LogP) is 39.2. The van der Waals surface area contributed by atoms with Gasteiger partial charge in [0.15, 0.2) is 13.2 Å². The first-order chi connectivity index (χ1) is 66.8.